The summed E-state index contributed by atoms with van der Waals surface area (Å²) >= 11 is 8.88. The molecule has 0 aliphatic rings. The molecule has 0 saturated heterocycles. The molecule has 0 aliphatic carbocycles. The Kier molecular flexibility index (Phi) is 6.26. The van der Waals surface area contributed by atoms with Crippen LogP contribution >= 0.6 is 34.7 Å². The van der Waals surface area contributed by atoms with Crippen molar-refractivity contribution in [3.63, 3.8) is 0 Å². The highest BCUT2D eigenvalue weighted by Crippen LogP contribution is 2.32. The van der Waals surface area contributed by atoms with E-state index in [2.05, 4.69) is 15.3 Å². The SMILES string of the molecule is COc1ccc(-c2csc(NC(=O)c3cnc(SC)n3-c3ccc(F)cc3)n2)cc1Cl. The van der Waals surface area contributed by atoms with Gasteiger partial charge in [-0.3, -0.25) is 14.7 Å². The Labute approximate surface area is 191 Å². The number of ether oxygens (including phenoxy) is 1. The van der Waals surface area contributed by atoms with Gasteiger partial charge in [0.25, 0.3) is 5.91 Å². The van der Waals surface area contributed by atoms with Crippen molar-refractivity contribution in [1.29, 1.82) is 0 Å². The first-order chi connectivity index (χ1) is 15.0. The van der Waals surface area contributed by atoms with Gasteiger partial charge in [0, 0.05) is 16.6 Å². The number of hydrogen-bond acceptors (Lipinski definition) is 6. The summed E-state index contributed by atoms with van der Waals surface area (Å²) in [5.41, 5.74) is 2.45. The van der Waals surface area contributed by atoms with Crippen molar-refractivity contribution in [1.82, 2.24) is 14.5 Å². The number of methoxy groups -OCH3 is 1. The van der Waals surface area contributed by atoms with Crippen LogP contribution in [0, 0.1) is 5.82 Å². The standard InChI is InChI=1S/C21H16ClFN4O2S2/c1-29-18-8-3-12(9-15(18)22)16-11-31-20(25-16)26-19(28)17-10-24-21(30-2)27(17)14-6-4-13(23)5-7-14/h3-11H,1-2H3,(H,25,26,28). The first-order valence-electron chi connectivity index (χ1n) is 8.98. The van der Waals surface area contributed by atoms with Gasteiger partial charge in [-0.15, -0.1) is 11.3 Å². The third kappa shape index (κ3) is 4.43. The fourth-order valence-electron chi connectivity index (χ4n) is 2.93. The zero-order valence-electron chi connectivity index (χ0n) is 16.4. The predicted molar refractivity (Wildman–Crippen MR) is 122 cm³/mol. The zero-order chi connectivity index (χ0) is 22.0. The van der Waals surface area contributed by atoms with Crippen molar-refractivity contribution in [3.8, 4) is 22.7 Å². The van der Waals surface area contributed by atoms with Gasteiger partial charge >= 0.3 is 0 Å². The maximum absolute atomic E-state index is 13.3. The second-order valence-electron chi connectivity index (χ2n) is 6.28. The van der Waals surface area contributed by atoms with Crippen LogP contribution < -0.4 is 10.1 Å². The molecular formula is C21H16ClFN4O2S2. The number of halogens is 2. The molecule has 158 valence electrons. The Hall–Kier alpha value is -2.88. The first kappa shape index (κ1) is 21.4. The van der Waals surface area contributed by atoms with Crippen LogP contribution in [-0.4, -0.2) is 33.8 Å². The average molecular weight is 475 g/mol. The average Bonchev–Trinajstić information content (AvgIpc) is 3.41. The van der Waals surface area contributed by atoms with Crippen LogP contribution in [-0.2, 0) is 0 Å². The Morgan fingerprint density at radius 2 is 2.03 bits per heavy atom. The van der Waals surface area contributed by atoms with E-state index in [1.165, 1.54) is 41.4 Å². The molecule has 0 aliphatic heterocycles. The van der Waals surface area contributed by atoms with Gasteiger partial charge in [-0.1, -0.05) is 23.4 Å². The monoisotopic (exact) mass is 474 g/mol. The number of amides is 1. The summed E-state index contributed by atoms with van der Waals surface area (Å²) in [5.74, 6) is -0.145. The summed E-state index contributed by atoms with van der Waals surface area (Å²) in [6.45, 7) is 0. The van der Waals surface area contributed by atoms with Crippen LogP contribution in [0.5, 0.6) is 5.75 Å². The van der Waals surface area contributed by atoms with E-state index >= 15 is 0 Å². The van der Waals surface area contributed by atoms with Gasteiger partial charge in [0.15, 0.2) is 10.3 Å². The molecule has 1 amide bonds. The Morgan fingerprint density at radius 3 is 2.71 bits per heavy atom. The van der Waals surface area contributed by atoms with Gasteiger partial charge in [-0.25, -0.2) is 14.4 Å². The van der Waals surface area contributed by atoms with Gasteiger partial charge in [0.2, 0.25) is 0 Å². The molecule has 6 nitrogen and oxygen atoms in total. The number of nitrogens with one attached hydrogen (secondary N) is 1. The summed E-state index contributed by atoms with van der Waals surface area (Å²) in [6.07, 6.45) is 3.35. The van der Waals surface area contributed by atoms with E-state index in [4.69, 9.17) is 16.3 Å². The van der Waals surface area contributed by atoms with E-state index in [0.717, 1.165) is 5.56 Å². The summed E-state index contributed by atoms with van der Waals surface area (Å²) < 4.78 is 20.2. The van der Waals surface area contributed by atoms with E-state index in [1.807, 2.05) is 17.7 Å². The molecule has 1 N–H and O–H groups in total. The molecule has 0 spiro atoms. The lowest BCUT2D eigenvalue weighted by molar-refractivity contribution is 0.102. The third-order valence-electron chi connectivity index (χ3n) is 4.40. The number of carbonyl (C=O) groups excluding carboxylic acids is 1. The highest BCUT2D eigenvalue weighted by molar-refractivity contribution is 7.98. The molecule has 0 atom stereocenters. The molecule has 0 radical (unpaired) electrons. The zero-order valence-corrected chi connectivity index (χ0v) is 18.8. The number of thiazole rings is 1. The molecule has 2 aromatic heterocycles. The molecule has 10 heteroatoms. The van der Waals surface area contributed by atoms with E-state index in [0.29, 0.717) is 38.1 Å². The van der Waals surface area contributed by atoms with Gasteiger partial charge in [-0.05, 0) is 48.7 Å². The number of hydrogen-bond donors (Lipinski definition) is 1. The fourth-order valence-corrected chi connectivity index (χ4v) is 4.45. The van der Waals surface area contributed by atoms with Crippen molar-refractivity contribution in [3.05, 3.63) is 70.6 Å². The summed E-state index contributed by atoms with van der Waals surface area (Å²) in [7, 11) is 1.55. The van der Waals surface area contributed by atoms with E-state index in [1.54, 1.807) is 35.9 Å². The van der Waals surface area contributed by atoms with Crippen LogP contribution in [0.15, 0.2) is 59.2 Å². The Morgan fingerprint density at radius 1 is 1.26 bits per heavy atom. The first-order valence-corrected chi connectivity index (χ1v) is 11.5. The molecule has 0 bridgehead atoms. The second kappa shape index (κ2) is 9.09. The maximum atomic E-state index is 13.3. The van der Waals surface area contributed by atoms with Crippen LogP contribution in [0.3, 0.4) is 0 Å². The van der Waals surface area contributed by atoms with E-state index in [-0.39, 0.29) is 11.7 Å². The topological polar surface area (TPSA) is 69.0 Å². The Bertz CT molecular complexity index is 1240. The quantitative estimate of drug-likeness (QED) is 0.359. The molecule has 31 heavy (non-hydrogen) atoms. The molecule has 0 fully saturated rings. The fraction of sp³-hybridized carbons (Fsp3) is 0.0952. The van der Waals surface area contributed by atoms with Crippen LogP contribution in [0.25, 0.3) is 16.9 Å². The van der Waals surface area contributed by atoms with Gasteiger partial charge in [0.05, 0.1) is 24.0 Å². The van der Waals surface area contributed by atoms with E-state index < -0.39 is 0 Å². The van der Waals surface area contributed by atoms with Crippen molar-refractivity contribution in [2.45, 2.75) is 5.16 Å². The van der Waals surface area contributed by atoms with Crippen molar-refractivity contribution in [2.24, 2.45) is 0 Å². The van der Waals surface area contributed by atoms with Crippen molar-refractivity contribution < 1.29 is 13.9 Å². The highest BCUT2D eigenvalue weighted by atomic mass is 35.5. The van der Waals surface area contributed by atoms with Crippen LogP contribution in [0.2, 0.25) is 5.02 Å². The molecule has 2 heterocycles. The number of carbonyl (C=O) groups is 1. The van der Waals surface area contributed by atoms with Crippen molar-refractivity contribution in [2.75, 3.05) is 18.7 Å². The number of imidazole rings is 1. The Balaban J connectivity index is 1.59. The molecule has 0 unspecified atom stereocenters. The van der Waals surface area contributed by atoms with Crippen LogP contribution in [0.4, 0.5) is 9.52 Å². The second-order valence-corrected chi connectivity index (χ2v) is 8.32. The molecule has 2 aromatic carbocycles. The largest absolute Gasteiger partial charge is 0.495 e. The number of benzene rings is 2. The molecule has 4 aromatic rings. The highest BCUT2D eigenvalue weighted by Gasteiger charge is 2.19. The number of nitrogens with zero attached hydrogens (tertiary/aromatic N) is 3. The lowest BCUT2D eigenvalue weighted by Gasteiger charge is -2.10. The van der Waals surface area contributed by atoms with E-state index in [9.17, 15) is 9.18 Å². The van der Waals surface area contributed by atoms with Gasteiger partial charge in [0.1, 0.15) is 17.3 Å². The lowest BCUT2D eigenvalue weighted by atomic mass is 10.2. The number of thioether (sulfide) groups is 1. The minimum absolute atomic E-state index is 0.320. The number of anilines is 1. The molecule has 4 rings (SSSR count). The number of aromatic nitrogens is 3. The minimum atomic E-state index is -0.370. The maximum Gasteiger partial charge on any atom is 0.276 e. The minimum Gasteiger partial charge on any atom is -0.495 e. The van der Waals surface area contributed by atoms with Crippen molar-refractivity contribution >= 4 is 45.7 Å². The molecule has 0 saturated carbocycles. The normalized spacial score (nSPS) is 10.8. The predicted octanol–water partition coefficient (Wildman–Crippen LogP) is 5.77. The summed E-state index contributed by atoms with van der Waals surface area (Å²) in [4.78, 5) is 21.8. The van der Waals surface area contributed by atoms with Gasteiger partial charge < -0.3 is 4.74 Å². The summed E-state index contributed by atoms with van der Waals surface area (Å²) in [5, 5.41) is 6.17. The third-order valence-corrected chi connectivity index (χ3v) is 6.11. The van der Waals surface area contributed by atoms with Gasteiger partial charge in [-0.2, -0.15) is 0 Å². The summed E-state index contributed by atoms with van der Waals surface area (Å²) in [6, 6.07) is 11.3. The molecular weight excluding hydrogens is 459 g/mol. The van der Waals surface area contributed by atoms with Crippen LogP contribution in [0.1, 0.15) is 10.5 Å². The smallest absolute Gasteiger partial charge is 0.276 e. The lowest BCUT2D eigenvalue weighted by Crippen LogP contribution is -2.16. The number of rotatable bonds is 6.